The van der Waals surface area contributed by atoms with Gasteiger partial charge in [-0.05, 0) is 30.2 Å². The predicted molar refractivity (Wildman–Crippen MR) is 82.6 cm³/mol. The summed E-state index contributed by atoms with van der Waals surface area (Å²) >= 11 is 6.26. The normalized spacial score (nSPS) is 10.8. The number of rotatable bonds is 3. The van der Waals surface area contributed by atoms with Crippen molar-refractivity contribution >= 4 is 28.5 Å². The smallest absolute Gasteiger partial charge is 0.342 e. The van der Waals surface area contributed by atoms with E-state index in [1.807, 2.05) is 42.5 Å². The Morgan fingerprint density at radius 2 is 1.95 bits per heavy atom. The van der Waals surface area contributed by atoms with Gasteiger partial charge in [-0.2, -0.15) is 0 Å². The van der Waals surface area contributed by atoms with Crippen LogP contribution in [0.3, 0.4) is 0 Å². The summed E-state index contributed by atoms with van der Waals surface area (Å²) in [5.74, 6) is -0.405. The molecule has 2 aromatic carbocycles. The highest BCUT2D eigenvalue weighted by Gasteiger charge is 2.17. The monoisotopic (exact) mass is 300 g/mol. The van der Waals surface area contributed by atoms with Crippen molar-refractivity contribution in [3.8, 4) is 11.1 Å². The zero-order chi connectivity index (χ0) is 14.8. The van der Waals surface area contributed by atoms with Crippen LogP contribution in [0.15, 0.2) is 53.1 Å². The number of hydrogen-bond acceptors (Lipinski definition) is 3. The fourth-order valence-electron chi connectivity index (χ4n) is 2.26. The van der Waals surface area contributed by atoms with Crippen LogP contribution in [0, 0.1) is 0 Å². The summed E-state index contributed by atoms with van der Waals surface area (Å²) in [6.07, 6.45) is 1.39. The largest absolute Gasteiger partial charge is 0.462 e. The van der Waals surface area contributed by atoms with Crippen LogP contribution < -0.4 is 0 Å². The minimum atomic E-state index is -0.405. The minimum Gasteiger partial charge on any atom is -0.462 e. The molecule has 0 unspecified atom stereocenters. The number of carbonyl (C=O) groups is 1. The maximum atomic E-state index is 12.0. The first kappa shape index (κ1) is 13.7. The SMILES string of the molecule is CCOC(=O)c1coc2c(Cl)cc(-c3ccccc3)cc12. The van der Waals surface area contributed by atoms with Crippen LogP contribution in [0.4, 0.5) is 0 Å². The number of esters is 1. The molecule has 0 N–H and O–H groups in total. The minimum absolute atomic E-state index is 0.317. The van der Waals surface area contributed by atoms with E-state index in [9.17, 15) is 4.79 Å². The predicted octanol–water partition coefficient (Wildman–Crippen LogP) is 4.93. The molecule has 0 aliphatic carbocycles. The summed E-state index contributed by atoms with van der Waals surface area (Å²) < 4.78 is 10.4. The Morgan fingerprint density at radius 3 is 2.67 bits per heavy atom. The Balaban J connectivity index is 2.17. The number of ether oxygens (including phenoxy) is 1. The second-order valence-corrected chi connectivity index (χ2v) is 4.98. The van der Waals surface area contributed by atoms with Gasteiger partial charge in [0.05, 0.1) is 11.6 Å². The standard InChI is InChI=1S/C17H13ClO3/c1-2-20-17(19)14-10-21-16-13(14)8-12(9-15(16)18)11-6-4-3-5-7-11/h3-10H,2H2,1H3. The molecule has 0 aliphatic heterocycles. The van der Waals surface area contributed by atoms with Crippen LogP contribution in [0.5, 0.6) is 0 Å². The summed E-state index contributed by atoms with van der Waals surface area (Å²) in [6, 6.07) is 13.6. The van der Waals surface area contributed by atoms with E-state index in [0.717, 1.165) is 11.1 Å². The fourth-order valence-corrected chi connectivity index (χ4v) is 2.52. The van der Waals surface area contributed by atoms with Gasteiger partial charge in [0, 0.05) is 5.39 Å². The van der Waals surface area contributed by atoms with E-state index in [2.05, 4.69) is 0 Å². The zero-order valence-electron chi connectivity index (χ0n) is 11.4. The summed E-state index contributed by atoms with van der Waals surface area (Å²) in [4.78, 5) is 12.0. The van der Waals surface area contributed by atoms with Crippen LogP contribution in [0.2, 0.25) is 5.02 Å². The van der Waals surface area contributed by atoms with E-state index in [0.29, 0.717) is 28.2 Å². The van der Waals surface area contributed by atoms with Crippen LogP contribution in [0.25, 0.3) is 22.1 Å². The van der Waals surface area contributed by atoms with Crippen LogP contribution in [-0.4, -0.2) is 12.6 Å². The summed E-state index contributed by atoms with van der Waals surface area (Å²) in [6.45, 7) is 2.08. The molecule has 0 amide bonds. The van der Waals surface area contributed by atoms with Crippen molar-refractivity contribution in [3.63, 3.8) is 0 Å². The zero-order valence-corrected chi connectivity index (χ0v) is 12.2. The Morgan fingerprint density at radius 1 is 1.19 bits per heavy atom. The number of carbonyl (C=O) groups excluding carboxylic acids is 1. The van der Waals surface area contributed by atoms with E-state index < -0.39 is 5.97 Å². The third kappa shape index (κ3) is 2.52. The van der Waals surface area contributed by atoms with Gasteiger partial charge in [-0.25, -0.2) is 4.79 Å². The van der Waals surface area contributed by atoms with Crippen molar-refractivity contribution < 1.29 is 13.9 Å². The third-order valence-electron chi connectivity index (χ3n) is 3.23. The fraction of sp³-hybridized carbons (Fsp3) is 0.118. The van der Waals surface area contributed by atoms with Gasteiger partial charge in [0.2, 0.25) is 0 Å². The molecule has 0 bridgehead atoms. The second-order valence-electron chi connectivity index (χ2n) is 4.57. The Hall–Kier alpha value is -2.26. The van der Waals surface area contributed by atoms with Crippen molar-refractivity contribution in [2.45, 2.75) is 6.92 Å². The topological polar surface area (TPSA) is 39.4 Å². The molecule has 1 aromatic heterocycles. The molecule has 0 saturated heterocycles. The first-order valence-corrected chi connectivity index (χ1v) is 7.01. The summed E-state index contributed by atoms with van der Waals surface area (Å²) in [5.41, 5.74) is 2.85. The number of hydrogen-bond donors (Lipinski definition) is 0. The van der Waals surface area contributed by atoms with Gasteiger partial charge < -0.3 is 9.15 Å². The average Bonchev–Trinajstić information content (AvgIpc) is 2.93. The van der Waals surface area contributed by atoms with Gasteiger partial charge in [-0.15, -0.1) is 0 Å². The molecule has 3 nitrogen and oxygen atoms in total. The molecule has 0 atom stereocenters. The molecular formula is C17H13ClO3. The van der Waals surface area contributed by atoms with Crippen molar-refractivity contribution in [1.82, 2.24) is 0 Å². The molecule has 1 heterocycles. The van der Waals surface area contributed by atoms with Crippen molar-refractivity contribution in [2.75, 3.05) is 6.61 Å². The van der Waals surface area contributed by atoms with Crippen LogP contribution >= 0.6 is 11.6 Å². The van der Waals surface area contributed by atoms with E-state index in [-0.39, 0.29) is 0 Å². The van der Waals surface area contributed by atoms with Gasteiger partial charge in [0.1, 0.15) is 11.8 Å². The average molecular weight is 301 g/mol. The van der Waals surface area contributed by atoms with Crippen molar-refractivity contribution in [2.24, 2.45) is 0 Å². The van der Waals surface area contributed by atoms with Gasteiger partial charge >= 0.3 is 5.97 Å². The lowest BCUT2D eigenvalue weighted by molar-refractivity contribution is 0.0527. The highest BCUT2D eigenvalue weighted by atomic mass is 35.5. The number of fused-ring (bicyclic) bond motifs is 1. The van der Waals surface area contributed by atoms with E-state index in [1.165, 1.54) is 6.26 Å². The Bertz CT molecular complexity index is 790. The van der Waals surface area contributed by atoms with E-state index >= 15 is 0 Å². The van der Waals surface area contributed by atoms with Gasteiger partial charge in [-0.3, -0.25) is 0 Å². The van der Waals surface area contributed by atoms with Gasteiger partial charge in [0.25, 0.3) is 0 Å². The second kappa shape index (κ2) is 5.62. The molecule has 4 heteroatoms. The highest BCUT2D eigenvalue weighted by molar-refractivity contribution is 6.35. The molecule has 21 heavy (non-hydrogen) atoms. The van der Waals surface area contributed by atoms with E-state index in [4.69, 9.17) is 20.8 Å². The van der Waals surface area contributed by atoms with E-state index in [1.54, 1.807) is 6.92 Å². The lowest BCUT2D eigenvalue weighted by Crippen LogP contribution is -2.03. The molecule has 0 aliphatic rings. The number of furan rings is 1. The lowest BCUT2D eigenvalue weighted by atomic mass is 10.0. The Kier molecular flexibility index (Phi) is 3.67. The quantitative estimate of drug-likeness (QED) is 0.644. The maximum Gasteiger partial charge on any atom is 0.342 e. The van der Waals surface area contributed by atoms with Gasteiger partial charge in [0.15, 0.2) is 5.58 Å². The molecule has 3 aromatic rings. The number of halogens is 1. The molecule has 0 radical (unpaired) electrons. The van der Waals surface area contributed by atoms with Crippen molar-refractivity contribution in [3.05, 3.63) is 59.3 Å². The highest BCUT2D eigenvalue weighted by Crippen LogP contribution is 2.34. The summed E-state index contributed by atoms with van der Waals surface area (Å²) in [5, 5.41) is 1.14. The van der Waals surface area contributed by atoms with Crippen LogP contribution in [0.1, 0.15) is 17.3 Å². The molecular weight excluding hydrogens is 288 g/mol. The maximum absolute atomic E-state index is 12.0. The molecule has 3 rings (SSSR count). The Labute approximate surface area is 127 Å². The first-order chi connectivity index (χ1) is 10.2. The molecule has 106 valence electrons. The molecule has 0 saturated carbocycles. The molecule has 0 spiro atoms. The van der Waals surface area contributed by atoms with Crippen molar-refractivity contribution in [1.29, 1.82) is 0 Å². The third-order valence-corrected chi connectivity index (χ3v) is 3.51. The lowest BCUT2D eigenvalue weighted by Gasteiger charge is -2.04. The van der Waals surface area contributed by atoms with Crippen LogP contribution in [-0.2, 0) is 4.74 Å². The van der Waals surface area contributed by atoms with Gasteiger partial charge in [-0.1, -0.05) is 41.9 Å². The molecule has 0 fully saturated rings. The number of benzene rings is 2. The first-order valence-electron chi connectivity index (χ1n) is 6.64. The summed E-state index contributed by atoms with van der Waals surface area (Å²) in [7, 11) is 0.